The van der Waals surface area contributed by atoms with E-state index in [0.717, 1.165) is 34.4 Å². The van der Waals surface area contributed by atoms with Crippen LogP contribution >= 0.6 is 11.3 Å². The summed E-state index contributed by atoms with van der Waals surface area (Å²) in [6, 6.07) is 4.17. The Balaban J connectivity index is 1.85. The van der Waals surface area contributed by atoms with E-state index in [1.807, 2.05) is 6.07 Å². The minimum Gasteiger partial charge on any atom is -0.351 e. The summed E-state index contributed by atoms with van der Waals surface area (Å²) < 4.78 is 0. The Kier molecular flexibility index (Phi) is 3.98. The minimum atomic E-state index is -0.0144. The summed E-state index contributed by atoms with van der Waals surface area (Å²) in [4.78, 5) is 18.5. The summed E-state index contributed by atoms with van der Waals surface area (Å²) in [5.41, 5.74) is 8.01. The Hall–Kier alpha value is -1.46. The molecule has 3 N–H and O–H groups in total. The van der Waals surface area contributed by atoms with Crippen LogP contribution in [0.15, 0.2) is 12.1 Å². The summed E-state index contributed by atoms with van der Waals surface area (Å²) in [5, 5.41) is 3.99. The van der Waals surface area contributed by atoms with E-state index in [2.05, 4.69) is 11.4 Å². The lowest BCUT2D eigenvalue weighted by Crippen LogP contribution is -2.25. The third kappa shape index (κ3) is 2.69. The Morgan fingerprint density at radius 2 is 2.20 bits per heavy atom. The van der Waals surface area contributed by atoms with Crippen LogP contribution in [0.3, 0.4) is 0 Å². The molecule has 0 saturated carbocycles. The van der Waals surface area contributed by atoms with E-state index in [1.54, 1.807) is 0 Å². The summed E-state index contributed by atoms with van der Waals surface area (Å²) in [6.07, 6.45) is 5.47. The zero-order valence-electron chi connectivity index (χ0n) is 11.4. The molecule has 106 valence electrons. The molecule has 3 rings (SSSR count). The molecular formula is C15H19N3OS. The van der Waals surface area contributed by atoms with Gasteiger partial charge in [-0.1, -0.05) is 0 Å². The molecule has 2 aromatic heterocycles. The summed E-state index contributed by atoms with van der Waals surface area (Å²) in [5.74, 6) is -0.0144. The summed E-state index contributed by atoms with van der Waals surface area (Å²) in [7, 11) is 0. The first-order chi connectivity index (χ1) is 9.78. The zero-order valence-corrected chi connectivity index (χ0v) is 12.3. The topological polar surface area (TPSA) is 68.0 Å². The van der Waals surface area contributed by atoms with Gasteiger partial charge in [0.1, 0.15) is 4.83 Å². The maximum absolute atomic E-state index is 12.0. The van der Waals surface area contributed by atoms with Gasteiger partial charge in [0, 0.05) is 17.6 Å². The van der Waals surface area contributed by atoms with E-state index >= 15 is 0 Å². The van der Waals surface area contributed by atoms with Gasteiger partial charge in [-0.3, -0.25) is 4.79 Å². The molecule has 0 saturated heterocycles. The lowest BCUT2D eigenvalue weighted by molar-refractivity contribution is 0.0957. The number of nitrogens with one attached hydrogen (secondary N) is 1. The largest absolute Gasteiger partial charge is 0.351 e. The number of pyridine rings is 1. The number of aryl methyl sites for hydroxylation is 2. The Bertz CT molecular complexity index is 592. The lowest BCUT2D eigenvalue weighted by Gasteiger charge is -2.13. The highest BCUT2D eigenvalue weighted by Gasteiger charge is 2.15. The number of aromatic nitrogens is 1. The van der Waals surface area contributed by atoms with Crippen LogP contribution in [0.25, 0.3) is 10.2 Å². The van der Waals surface area contributed by atoms with Crippen molar-refractivity contribution in [2.45, 2.75) is 32.1 Å². The number of nitrogens with zero attached hydrogens (tertiary/aromatic N) is 1. The second-order valence-corrected chi connectivity index (χ2v) is 6.24. The van der Waals surface area contributed by atoms with Crippen LogP contribution in [0.4, 0.5) is 0 Å². The average molecular weight is 289 g/mol. The SMILES string of the molecule is NCCCNC(=O)c1cc2cc3c(nc2s1)CCCC3. The average Bonchev–Trinajstić information content (AvgIpc) is 2.87. The van der Waals surface area contributed by atoms with Crippen LogP contribution in [0.1, 0.15) is 40.2 Å². The molecule has 0 unspecified atom stereocenters. The predicted molar refractivity (Wildman–Crippen MR) is 82.3 cm³/mol. The first kappa shape index (κ1) is 13.5. The van der Waals surface area contributed by atoms with Crippen molar-refractivity contribution in [3.63, 3.8) is 0 Å². The van der Waals surface area contributed by atoms with Crippen molar-refractivity contribution in [3.05, 3.63) is 28.3 Å². The van der Waals surface area contributed by atoms with Gasteiger partial charge in [-0.05, 0) is 56.3 Å². The molecule has 0 fully saturated rings. The van der Waals surface area contributed by atoms with Crippen molar-refractivity contribution in [2.24, 2.45) is 5.73 Å². The third-order valence-corrected chi connectivity index (χ3v) is 4.72. The van der Waals surface area contributed by atoms with Gasteiger partial charge < -0.3 is 11.1 Å². The lowest BCUT2D eigenvalue weighted by atomic mass is 9.96. The highest BCUT2D eigenvalue weighted by molar-refractivity contribution is 7.20. The van der Waals surface area contributed by atoms with Crippen LogP contribution in [0, 0.1) is 0 Å². The van der Waals surface area contributed by atoms with Crippen LogP contribution in [0.2, 0.25) is 0 Å². The number of nitrogens with two attached hydrogens (primary N) is 1. The summed E-state index contributed by atoms with van der Waals surface area (Å²) >= 11 is 1.48. The zero-order chi connectivity index (χ0) is 13.9. The van der Waals surface area contributed by atoms with E-state index < -0.39 is 0 Å². The maximum atomic E-state index is 12.0. The van der Waals surface area contributed by atoms with Crippen LogP contribution < -0.4 is 11.1 Å². The van der Waals surface area contributed by atoms with Crippen molar-refractivity contribution in [2.75, 3.05) is 13.1 Å². The molecule has 2 aromatic rings. The molecule has 0 atom stereocenters. The molecule has 0 aliphatic heterocycles. The monoisotopic (exact) mass is 289 g/mol. The smallest absolute Gasteiger partial charge is 0.261 e. The van der Waals surface area contributed by atoms with Gasteiger partial charge in [0.25, 0.3) is 5.91 Å². The van der Waals surface area contributed by atoms with E-state index in [4.69, 9.17) is 10.7 Å². The maximum Gasteiger partial charge on any atom is 0.261 e. The van der Waals surface area contributed by atoms with Gasteiger partial charge in [0.15, 0.2) is 0 Å². The standard InChI is InChI=1S/C15H19N3OS/c16-6-3-7-17-14(19)13-9-11-8-10-4-1-2-5-12(10)18-15(11)20-13/h8-9H,1-7,16H2,(H,17,19). The van der Waals surface area contributed by atoms with Crippen LogP contribution in [-0.2, 0) is 12.8 Å². The molecule has 1 amide bonds. The highest BCUT2D eigenvalue weighted by Crippen LogP contribution is 2.29. The van der Waals surface area contributed by atoms with Gasteiger partial charge in [0.2, 0.25) is 0 Å². The number of carbonyl (C=O) groups excluding carboxylic acids is 1. The molecule has 0 aromatic carbocycles. The quantitative estimate of drug-likeness (QED) is 0.848. The predicted octanol–water partition coefficient (Wildman–Crippen LogP) is 2.25. The van der Waals surface area contributed by atoms with E-state index in [0.29, 0.717) is 13.1 Å². The Morgan fingerprint density at radius 1 is 1.35 bits per heavy atom. The normalized spacial score (nSPS) is 14.2. The number of fused-ring (bicyclic) bond motifs is 2. The van der Waals surface area contributed by atoms with Gasteiger partial charge >= 0.3 is 0 Å². The number of amides is 1. The molecule has 2 heterocycles. The molecule has 0 spiro atoms. The second-order valence-electron chi connectivity index (χ2n) is 5.20. The summed E-state index contributed by atoms with van der Waals surface area (Å²) in [6.45, 7) is 1.23. The molecule has 5 heteroatoms. The number of carbonyl (C=O) groups is 1. The van der Waals surface area contributed by atoms with Crippen LogP contribution in [-0.4, -0.2) is 24.0 Å². The molecular weight excluding hydrogens is 270 g/mol. The molecule has 20 heavy (non-hydrogen) atoms. The van der Waals surface area contributed by atoms with Crippen LogP contribution in [0.5, 0.6) is 0 Å². The molecule has 0 radical (unpaired) electrons. The molecule has 1 aliphatic rings. The number of rotatable bonds is 4. The Labute approximate surface area is 122 Å². The highest BCUT2D eigenvalue weighted by atomic mass is 32.1. The fraction of sp³-hybridized carbons (Fsp3) is 0.467. The van der Waals surface area contributed by atoms with Crippen molar-refractivity contribution in [1.29, 1.82) is 0 Å². The Morgan fingerprint density at radius 3 is 3.05 bits per heavy atom. The third-order valence-electron chi connectivity index (χ3n) is 3.68. The van der Waals surface area contributed by atoms with E-state index in [1.165, 1.54) is 35.4 Å². The van der Waals surface area contributed by atoms with Crippen molar-refractivity contribution in [1.82, 2.24) is 10.3 Å². The number of hydrogen-bond acceptors (Lipinski definition) is 4. The van der Waals surface area contributed by atoms with Gasteiger partial charge in [0.05, 0.1) is 4.88 Å². The van der Waals surface area contributed by atoms with Gasteiger partial charge in [-0.15, -0.1) is 11.3 Å². The van der Waals surface area contributed by atoms with Gasteiger partial charge in [-0.25, -0.2) is 4.98 Å². The first-order valence-electron chi connectivity index (χ1n) is 7.18. The fourth-order valence-corrected chi connectivity index (χ4v) is 3.55. The molecule has 0 bridgehead atoms. The minimum absolute atomic E-state index is 0.0144. The fourth-order valence-electron chi connectivity index (χ4n) is 2.60. The number of thiophene rings is 1. The van der Waals surface area contributed by atoms with Crippen molar-refractivity contribution in [3.8, 4) is 0 Å². The number of hydrogen-bond donors (Lipinski definition) is 2. The molecule has 4 nitrogen and oxygen atoms in total. The van der Waals surface area contributed by atoms with Gasteiger partial charge in [-0.2, -0.15) is 0 Å². The van der Waals surface area contributed by atoms with E-state index in [-0.39, 0.29) is 5.91 Å². The first-order valence-corrected chi connectivity index (χ1v) is 8.00. The van der Waals surface area contributed by atoms with Crippen molar-refractivity contribution < 1.29 is 4.79 Å². The second kappa shape index (κ2) is 5.89. The van der Waals surface area contributed by atoms with E-state index in [9.17, 15) is 4.79 Å². The molecule has 1 aliphatic carbocycles. The van der Waals surface area contributed by atoms with Crippen molar-refractivity contribution >= 4 is 27.5 Å².